The molecule has 0 saturated carbocycles. The Kier molecular flexibility index (Phi) is 7.25. The molecule has 0 aliphatic rings. The summed E-state index contributed by atoms with van der Waals surface area (Å²) < 4.78 is 30.7. The minimum Gasteiger partial charge on any atom is -0.435 e. The van der Waals surface area contributed by atoms with Crippen LogP contribution in [0.1, 0.15) is 20.8 Å². The van der Waals surface area contributed by atoms with Crippen molar-refractivity contribution in [3.05, 3.63) is 12.2 Å². The SMILES string of the molecule is C=C(C)C(=O)OCOP(=O)(OCC)OCC. The molecule has 0 heterocycles. The highest BCUT2D eigenvalue weighted by Crippen LogP contribution is 2.49. The number of esters is 1. The Bertz CT molecular complexity index is 278. The molecule has 94 valence electrons. The molecule has 0 N–H and O–H groups in total. The molecule has 0 spiro atoms. The largest absolute Gasteiger partial charge is 0.477 e. The topological polar surface area (TPSA) is 71.1 Å². The van der Waals surface area contributed by atoms with Crippen molar-refractivity contribution in [2.75, 3.05) is 20.0 Å². The van der Waals surface area contributed by atoms with E-state index in [0.717, 1.165) is 0 Å². The van der Waals surface area contributed by atoms with Crippen LogP contribution in [0, 0.1) is 0 Å². The lowest BCUT2D eigenvalue weighted by Gasteiger charge is -2.15. The fraction of sp³-hybridized carbons (Fsp3) is 0.667. The minimum absolute atomic E-state index is 0.172. The van der Waals surface area contributed by atoms with Crippen LogP contribution >= 0.6 is 7.82 Å². The van der Waals surface area contributed by atoms with Gasteiger partial charge in [0.25, 0.3) is 0 Å². The molecule has 7 heteroatoms. The van der Waals surface area contributed by atoms with E-state index >= 15 is 0 Å². The van der Waals surface area contributed by atoms with E-state index in [2.05, 4.69) is 11.3 Å². The Hall–Kier alpha value is -0.680. The minimum atomic E-state index is -3.61. The molecule has 6 nitrogen and oxygen atoms in total. The van der Waals surface area contributed by atoms with Gasteiger partial charge < -0.3 is 4.74 Å². The Morgan fingerprint density at radius 3 is 2.06 bits per heavy atom. The van der Waals surface area contributed by atoms with E-state index in [4.69, 9.17) is 13.6 Å². The first-order valence-electron chi connectivity index (χ1n) is 4.81. The maximum atomic E-state index is 11.7. The van der Waals surface area contributed by atoms with Crippen LogP contribution in [-0.4, -0.2) is 26.0 Å². The number of carbonyl (C=O) groups excluding carboxylic acids is 1. The lowest BCUT2D eigenvalue weighted by Crippen LogP contribution is -2.09. The van der Waals surface area contributed by atoms with Crippen LogP contribution in [-0.2, 0) is 27.7 Å². The van der Waals surface area contributed by atoms with Crippen molar-refractivity contribution >= 4 is 13.8 Å². The fourth-order valence-corrected chi connectivity index (χ4v) is 1.73. The molecule has 0 rings (SSSR count). The van der Waals surface area contributed by atoms with E-state index in [-0.39, 0.29) is 18.8 Å². The van der Waals surface area contributed by atoms with E-state index in [9.17, 15) is 9.36 Å². The standard InChI is InChI=1S/C9H17O6P/c1-5-13-16(11,14-6-2)15-7-12-9(10)8(3)4/h3,5-7H2,1-2,4H3. The van der Waals surface area contributed by atoms with Gasteiger partial charge in [0.1, 0.15) is 0 Å². The van der Waals surface area contributed by atoms with Gasteiger partial charge in [-0.15, -0.1) is 0 Å². The molecule has 0 aromatic heterocycles. The summed E-state index contributed by atoms with van der Waals surface area (Å²) in [5, 5.41) is 0. The zero-order valence-electron chi connectivity index (χ0n) is 9.73. The van der Waals surface area contributed by atoms with Gasteiger partial charge in [-0.05, 0) is 20.8 Å². The highest BCUT2D eigenvalue weighted by atomic mass is 31.2. The molecular formula is C9H17O6P. The first kappa shape index (κ1) is 15.3. The predicted octanol–water partition coefficient (Wildman–Crippen LogP) is 2.26. The number of ether oxygens (including phenoxy) is 1. The van der Waals surface area contributed by atoms with Crippen LogP contribution in [0.3, 0.4) is 0 Å². The molecule has 0 radical (unpaired) electrons. The van der Waals surface area contributed by atoms with Gasteiger partial charge in [-0.25, -0.2) is 13.9 Å². The maximum absolute atomic E-state index is 11.7. The number of rotatable bonds is 8. The molecule has 0 saturated heterocycles. The van der Waals surface area contributed by atoms with Crippen molar-refractivity contribution in [3.8, 4) is 0 Å². The summed E-state index contributed by atoms with van der Waals surface area (Å²) in [6.45, 7) is 8.02. The molecule has 0 amide bonds. The third kappa shape index (κ3) is 6.02. The van der Waals surface area contributed by atoms with Gasteiger partial charge in [-0.3, -0.25) is 9.05 Å². The van der Waals surface area contributed by atoms with E-state index in [1.54, 1.807) is 13.8 Å². The van der Waals surface area contributed by atoms with Gasteiger partial charge in [-0.2, -0.15) is 0 Å². The molecule has 0 aliphatic heterocycles. The lowest BCUT2D eigenvalue weighted by atomic mass is 10.4. The van der Waals surface area contributed by atoms with Crippen LogP contribution < -0.4 is 0 Å². The van der Waals surface area contributed by atoms with Crippen molar-refractivity contribution in [1.29, 1.82) is 0 Å². The zero-order chi connectivity index (χ0) is 12.6. The van der Waals surface area contributed by atoms with Crippen LogP contribution in [0.25, 0.3) is 0 Å². The molecule has 0 bridgehead atoms. The highest BCUT2D eigenvalue weighted by molar-refractivity contribution is 7.48. The summed E-state index contributed by atoms with van der Waals surface area (Å²) in [7, 11) is -3.61. The highest BCUT2D eigenvalue weighted by Gasteiger charge is 2.25. The van der Waals surface area contributed by atoms with Crippen LogP contribution in [0.5, 0.6) is 0 Å². The maximum Gasteiger partial charge on any atom is 0.477 e. The van der Waals surface area contributed by atoms with E-state index in [1.165, 1.54) is 6.92 Å². The monoisotopic (exact) mass is 252 g/mol. The average molecular weight is 252 g/mol. The third-order valence-electron chi connectivity index (χ3n) is 1.32. The quantitative estimate of drug-likeness (QED) is 0.285. The smallest absolute Gasteiger partial charge is 0.435 e. The molecule has 0 aliphatic carbocycles. The Morgan fingerprint density at radius 1 is 1.19 bits per heavy atom. The molecule has 0 fully saturated rings. The predicted molar refractivity (Wildman–Crippen MR) is 57.7 cm³/mol. The second-order valence-electron chi connectivity index (χ2n) is 2.74. The van der Waals surface area contributed by atoms with Gasteiger partial charge in [0.15, 0.2) is 0 Å². The summed E-state index contributed by atoms with van der Waals surface area (Å²) in [5.41, 5.74) is 0.228. The Morgan fingerprint density at radius 2 is 1.69 bits per heavy atom. The van der Waals surface area contributed by atoms with Crippen LogP contribution in [0.2, 0.25) is 0 Å². The molecule has 16 heavy (non-hydrogen) atoms. The summed E-state index contributed by atoms with van der Waals surface area (Å²) in [4.78, 5) is 11.0. The number of carbonyl (C=O) groups is 1. The summed E-state index contributed by atoms with van der Waals surface area (Å²) >= 11 is 0. The Labute approximate surface area is 95.1 Å². The van der Waals surface area contributed by atoms with Crippen molar-refractivity contribution in [2.24, 2.45) is 0 Å². The first-order valence-corrected chi connectivity index (χ1v) is 6.27. The number of phosphoric ester groups is 1. The van der Waals surface area contributed by atoms with E-state index in [1.807, 2.05) is 0 Å². The molecule has 0 unspecified atom stereocenters. The molecule has 0 atom stereocenters. The average Bonchev–Trinajstić information content (AvgIpc) is 2.17. The molecule has 0 aromatic carbocycles. The number of hydrogen-bond acceptors (Lipinski definition) is 6. The fourth-order valence-electron chi connectivity index (χ4n) is 0.696. The lowest BCUT2D eigenvalue weighted by molar-refractivity contribution is -0.146. The zero-order valence-corrected chi connectivity index (χ0v) is 10.6. The molecule has 0 aromatic rings. The van der Waals surface area contributed by atoms with Crippen molar-refractivity contribution in [3.63, 3.8) is 0 Å². The Balaban J connectivity index is 4.08. The van der Waals surface area contributed by atoms with Crippen molar-refractivity contribution < 1.29 is 27.7 Å². The summed E-state index contributed by atoms with van der Waals surface area (Å²) in [5.74, 6) is -0.625. The van der Waals surface area contributed by atoms with Crippen LogP contribution in [0.4, 0.5) is 0 Å². The van der Waals surface area contributed by atoms with Crippen LogP contribution in [0.15, 0.2) is 12.2 Å². The second kappa shape index (κ2) is 7.57. The third-order valence-corrected chi connectivity index (χ3v) is 2.89. The second-order valence-corrected chi connectivity index (χ2v) is 4.41. The van der Waals surface area contributed by atoms with Gasteiger partial charge in [0.05, 0.1) is 13.2 Å². The molecular weight excluding hydrogens is 235 g/mol. The summed E-state index contributed by atoms with van der Waals surface area (Å²) in [6, 6.07) is 0. The van der Waals surface area contributed by atoms with Gasteiger partial charge in [-0.1, -0.05) is 6.58 Å². The van der Waals surface area contributed by atoms with E-state index in [0.29, 0.717) is 0 Å². The normalized spacial score (nSPS) is 11.2. The van der Waals surface area contributed by atoms with E-state index < -0.39 is 20.6 Å². The number of phosphoric acid groups is 1. The summed E-state index contributed by atoms with van der Waals surface area (Å²) in [6.07, 6.45) is 0. The van der Waals surface area contributed by atoms with Crippen molar-refractivity contribution in [2.45, 2.75) is 20.8 Å². The van der Waals surface area contributed by atoms with Gasteiger partial charge >= 0.3 is 13.8 Å². The number of hydrogen-bond donors (Lipinski definition) is 0. The van der Waals surface area contributed by atoms with Crippen molar-refractivity contribution in [1.82, 2.24) is 0 Å². The van der Waals surface area contributed by atoms with Gasteiger partial charge in [0, 0.05) is 5.57 Å². The van der Waals surface area contributed by atoms with Gasteiger partial charge in [0.2, 0.25) is 6.79 Å². The first-order chi connectivity index (χ1) is 7.45.